The van der Waals surface area contributed by atoms with Gasteiger partial charge >= 0.3 is 17.9 Å². The standard InChI is InChI=1S/C75H97NO21/c1-46-25-21-18-16-14-12-10-11-13-15-17-19-24-28-56(93-74-70(91-50(5)77)67(69(83)49(4)90-74)76-64(80)39-51-26-22-20-23-27-51)41-63-66(71(84)87-8)61(79)45-75(88-9,97-63)44-59-42-62(96-73(95-59)53-31-35-55(86-7)36-32-53)60(78)38-37-57-40-58(43-65(81)89-48(3)47(2)68(46)82)94-72(92-57)52-29-33-54(85-6)34-30-52/h10-36,46-49,56-63,66-70,72-74,78-79,82-83H,37-45H2,1-9H3,(H,76,80)/b11-10+,14-12+,15-13+,18-16+,19-17+,25-21+,28-24+/t46-,47-,48-,49+,56-,57+,58+,59-,60+,61-,62+,63-,66+,67-,68+,69+,70-,72?,73?,74-,75+/m0/s1. The number of allylic oxidation sites excluding steroid dienone is 12. The van der Waals surface area contributed by atoms with E-state index in [1.54, 1.807) is 119 Å². The number of hydrogen-bond donors (Lipinski definition) is 5. The maximum Gasteiger partial charge on any atom is 0.313 e. The van der Waals surface area contributed by atoms with Crippen molar-refractivity contribution in [2.75, 3.05) is 28.4 Å². The van der Waals surface area contributed by atoms with Crippen LogP contribution in [0.15, 0.2) is 164 Å². The number of carbonyl (C=O) groups excluding carboxylic acids is 4. The lowest BCUT2D eigenvalue weighted by atomic mass is 9.82. The summed E-state index contributed by atoms with van der Waals surface area (Å²) in [4.78, 5) is 54.4. The van der Waals surface area contributed by atoms with Crippen LogP contribution >= 0.6 is 0 Å². The van der Waals surface area contributed by atoms with E-state index in [0.717, 1.165) is 0 Å². The second-order valence-electron chi connectivity index (χ2n) is 25.3. The van der Waals surface area contributed by atoms with Crippen LogP contribution in [0.25, 0.3) is 0 Å². The number of nitrogens with one attached hydrogen (secondary N) is 1. The van der Waals surface area contributed by atoms with Gasteiger partial charge in [0.2, 0.25) is 5.91 Å². The van der Waals surface area contributed by atoms with Crippen molar-refractivity contribution in [3.05, 3.63) is 181 Å². The van der Waals surface area contributed by atoms with Gasteiger partial charge in [-0.15, -0.1) is 0 Å². The molecule has 4 fully saturated rings. The molecule has 8 rings (SSSR count). The van der Waals surface area contributed by atoms with Crippen LogP contribution < -0.4 is 14.8 Å². The number of benzene rings is 3. The summed E-state index contributed by atoms with van der Waals surface area (Å²) < 4.78 is 80.9. The molecular formula is C75H97NO21. The van der Waals surface area contributed by atoms with Crippen LogP contribution in [0.5, 0.6) is 11.5 Å². The summed E-state index contributed by atoms with van der Waals surface area (Å²) in [7, 11) is 5.75. The quantitative estimate of drug-likeness (QED) is 0.0835. The van der Waals surface area contributed by atoms with E-state index in [4.69, 9.17) is 61.6 Å². The van der Waals surface area contributed by atoms with Crippen LogP contribution in [0.4, 0.5) is 0 Å². The molecule has 6 bridgehead atoms. The van der Waals surface area contributed by atoms with Gasteiger partial charge in [-0.05, 0) is 56.5 Å². The number of aliphatic hydroxyl groups is 4. The topological polar surface area (TPSA) is 281 Å². The molecule has 3 aromatic carbocycles. The zero-order valence-corrected chi connectivity index (χ0v) is 56.7. The molecule has 97 heavy (non-hydrogen) atoms. The van der Waals surface area contributed by atoms with E-state index in [2.05, 4.69) is 5.32 Å². The Balaban J connectivity index is 1.12. The lowest BCUT2D eigenvalue weighted by Gasteiger charge is -2.48. The third-order valence-electron chi connectivity index (χ3n) is 18.3. The highest BCUT2D eigenvalue weighted by Crippen LogP contribution is 2.44. The fourth-order valence-corrected chi connectivity index (χ4v) is 12.7. The Hall–Kier alpha value is -7.16. The predicted molar refractivity (Wildman–Crippen MR) is 357 cm³/mol. The van der Waals surface area contributed by atoms with Gasteiger partial charge < -0.3 is 87.3 Å². The zero-order valence-electron chi connectivity index (χ0n) is 56.7. The van der Waals surface area contributed by atoms with Crippen LogP contribution in [0, 0.1) is 17.8 Å². The van der Waals surface area contributed by atoms with Crippen LogP contribution in [-0.4, -0.2) is 170 Å². The second-order valence-corrected chi connectivity index (χ2v) is 25.3. The molecule has 1 amide bonds. The minimum Gasteiger partial charge on any atom is -0.497 e. The second kappa shape index (κ2) is 37.1. The molecule has 0 saturated carbocycles. The van der Waals surface area contributed by atoms with Crippen LogP contribution in [-0.2, 0) is 77.7 Å². The molecule has 0 aromatic heterocycles. The molecule has 5 N–H and O–H groups in total. The van der Waals surface area contributed by atoms with E-state index in [-0.39, 0.29) is 57.3 Å². The molecule has 21 atom stereocenters. The molecule has 528 valence electrons. The molecule has 5 aliphatic rings. The number of hydrogen-bond acceptors (Lipinski definition) is 21. The number of ether oxygens (including phenoxy) is 13. The molecule has 0 aliphatic carbocycles. The highest BCUT2D eigenvalue weighted by atomic mass is 16.7. The Morgan fingerprint density at radius 1 is 0.598 bits per heavy atom. The molecule has 0 spiro atoms. The van der Waals surface area contributed by atoms with Gasteiger partial charge in [-0.25, -0.2) is 0 Å². The summed E-state index contributed by atoms with van der Waals surface area (Å²) in [6.45, 7) is 8.29. The number of rotatable bonds is 12. The monoisotopic (exact) mass is 1350 g/mol. The van der Waals surface area contributed by atoms with Crippen molar-refractivity contribution < 1.29 is 101 Å². The summed E-state index contributed by atoms with van der Waals surface area (Å²) in [6, 6.07) is 22.1. The summed E-state index contributed by atoms with van der Waals surface area (Å²) in [6.07, 6.45) is 9.31. The molecular weight excluding hydrogens is 1250 g/mol. The minimum absolute atomic E-state index is 0.0439. The van der Waals surface area contributed by atoms with E-state index in [1.807, 2.05) is 86.7 Å². The molecule has 5 heterocycles. The highest BCUT2D eigenvalue weighted by molar-refractivity contribution is 5.79. The Labute approximate surface area is 568 Å². The third kappa shape index (κ3) is 21.9. The number of aliphatic hydroxyl groups excluding tert-OH is 4. The SMILES string of the molecule is COC(=O)[C@H]1[C@@H]2C[C@@H](O[C@@H]3O[C@H](C)[C@@H](O)[C@H](NC(=O)Cc4ccccc4)[C@@H]3OC(C)=O)/C=C/C=C/C=C/C=C/C=C/C=C/C=C/[C@H](C)[C@@H](O)[C@@H](C)[C@H](C)OC(=O)C[C@H]3C[C@@H](CC[C@@H](O)[C@H]4C[C@@H](C[C@](OC)(C[C@@H]1O)O2)OC(c1ccc(OC)cc1)O4)OC(c1ccc(OC)cc1)O3. The Bertz CT molecular complexity index is 3190. The Kier molecular flexibility index (Phi) is 29.0. The number of esters is 3. The van der Waals surface area contributed by atoms with E-state index >= 15 is 0 Å². The third-order valence-corrected chi connectivity index (χ3v) is 18.3. The fraction of sp³-hybridized carbons (Fsp3) is 0.520. The van der Waals surface area contributed by atoms with Gasteiger partial charge in [0, 0.05) is 69.1 Å². The molecule has 22 nitrogen and oxygen atoms in total. The lowest BCUT2D eigenvalue weighted by Crippen LogP contribution is -2.65. The Morgan fingerprint density at radius 2 is 1.18 bits per heavy atom. The van der Waals surface area contributed by atoms with Gasteiger partial charge in [0.15, 0.2) is 30.8 Å². The van der Waals surface area contributed by atoms with Gasteiger partial charge in [-0.3, -0.25) is 19.2 Å². The Morgan fingerprint density at radius 3 is 1.76 bits per heavy atom. The lowest BCUT2D eigenvalue weighted by molar-refractivity contribution is -0.333. The molecule has 3 aromatic rings. The molecule has 4 saturated heterocycles. The first-order chi connectivity index (χ1) is 46.7. The minimum atomic E-state index is -1.67. The van der Waals surface area contributed by atoms with Crippen LogP contribution in [0.3, 0.4) is 0 Å². The normalized spacial score (nSPS) is 36.7. The van der Waals surface area contributed by atoms with E-state index in [9.17, 15) is 39.6 Å². The summed E-state index contributed by atoms with van der Waals surface area (Å²) >= 11 is 0. The van der Waals surface area contributed by atoms with Crippen molar-refractivity contribution in [3.8, 4) is 11.5 Å². The van der Waals surface area contributed by atoms with Crippen molar-refractivity contribution in [1.82, 2.24) is 5.32 Å². The van der Waals surface area contributed by atoms with Gasteiger partial charge in [0.1, 0.15) is 29.6 Å². The van der Waals surface area contributed by atoms with Crippen molar-refractivity contribution in [2.24, 2.45) is 17.8 Å². The maximum absolute atomic E-state index is 14.0. The van der Waals surface area contributed by atoms with E-state index < -0.39 is 146 Å². The average molecular weight is 1350 g/mol. The summed E-state index contributed by atoms with van der Waals surface area (Å²) in [5.41, 5.74) is 2.00. The smallest absolute Gasteiger partial charge is 0.313 e. The van der Waals surface area contributed by atoms with Crippen LogP contribution in [0.1, 0.15) is 115 Å². The first-order valence-electron chi connectivity index (χ1n) is 33.3. The number of amides is 1. The molecule has 22 heteroatoms. The van der Waals surface area contributed by atoms with Gasteiger partial charge in [0.05, 0.1) is 101 Å². The van der Waals surface area contributed by atoms with Gasteiger partial charge in [-0.1, -0.05) is 154 Å². The van der Waals surface area contributed by atoms with Crippen molar-refractivity contribution in [2.45, 2.75) is 202 Å². The predicted octanol–water partition coefficient (Wildman–Crippen LogP) is 8.96. The van der Waals surface area contributed by atoms with E-state index in [0.29, 0.717) is 34.6 Å². The van der Waals surface area contributed by atoms with Crippen LogP contribution in [0.2, 0.25) is 0 Å². The highest BCUT2D eigenvalue weighted by Gasteiger charge is 2.54. The van der Waals surface area contributed by atoms with E-state index in [1.165, 1.54) is 21.1 Å². The molecule has 5 aliphatic heterocycles. The average Bonchev–Trinajstić information content (AvgIpc) is 0.775. The van der Waals surface area contributed by atoms with Crippen molar-refractivity contribution in [3.63, 3.8) is 0 Å². The molecule has 0 radical (unpaired) electrons. The summed E-state index contributed by atoms with van der Waals surface area (Å²) in [5.74, 6) is -4.96. The largest absolute Gasteiger partial charge is 0.497 e. The number of cyclic esters (lactones) is 1. The number of fused-ring (bicyclic) bond motifs is 6. The first-order valence-corrected chi connectivity index (χ1v) is 33.3. The zero-order chi connectivity index (χ0) is 69.6. The fourth-order valence-electron chi connectivity index (χ4n) is 12.7. The maximum atomic E-state index is 14.0. The van der Waals surface area contributed by atoms with Gasteiger partial charge in [0.25, 0.3) is 0 Å². The number of methoxy groups -OCH3 is 4. The van der Waals surface area contributed by atoms with Crippen molar-refractivity contribution in [1.29, 1.82) is 0 Å². The van der Waals surface area contributed by atoms with Gasteiger partial charge in [-0.2, -0.15) is 0 Å². The number of carbonyl (C=O) groups is 4. The molecule has 2 unspecified atom stereocenters. The first kappa shape index (κ1) is 75.6. The summed E-state index contributed by atoms with van der Waals surface area (Å²) in [5, 5.41) is 50.5. The van der Waals surface area contributed by atoms with Crippen molar-refractivity contribution >= 4 is 23.8 Å².